The van der Waals surface area contributed by atoms with Crippen LogP contribution in [-0.4, -0.2) is 21.2 Å². The van der Waals surface area contributed by atoms with Gasteiger partial charge in [-0.15, -0.1) is 0 Å². The number of aromatic carboxylic acids is 1. The zero-order valence-electron chi connectivity index (χ0n) is 11.1. The van der Waals surface area contributed by atoms with Gasteiger partial charge in [0.1, 0.15) is 10.6 Å². The van der Waals surface area contributed by atoms with Crippen molar-refractivity contribution >= 4 is 38.9 Å². The molecule has 1 aromatic heterocycles. The minimum absolute atomic E-state index is 0.206. The predicted molar refractivity (Wildman–Crippen MR) is 82.7 cm³/mol. The molecule has 1 heterocycles. The number of phenolic OH excluding ortho intramolecular Hbond substituents is 1. The Bertz CT molecular complexity index is 842. The molecule has 0 radical (unpaired) electrons. The fraction of sp³-hybridized carbons (Fsp3) is 0.0667. The van der Waals surface area contributed by atoms with E-state index in [1.165, 1.54) is 0 Å². The van der Waals surface area contributed by atoms with Gasteiger partial charge in [-0.2, -0.15) is 0 Å². The second-order valence-electron chi connectivity index (χ2n) is 4.54. The molecule has 0 saturated carbocycles. The maximum atomic E-state index is 11.1. The van der Waals surface area contributed by atoms with Crippen molar-refractivity contribution in [3.63, 3.8) is 0 Å². The summed E-state index contributed by atoms with van der Waals surface area (Å²) < 4.78 is 0. The zero-order chi connectivity index (χ0) is 15.0. The first-order valence-electron chi connectivity index (χ1n) is 6.24. The quantitative estimate of drug-likeness (QED) is 0.686. The van der Waals surface area contributed by atoms with Crippen LogP contribution in [0.3, 0.4) is 0 Å². The van der Waals surface area contributed by atoms with Crippen LogP contribution in [-0.2, 0) is 0 Å². The number of carboxylic acid groups (broad SMARTS) is 1. The van der Waals surface area contributed by atoms with Gasteiger partial charge >= 0.3 is 5.97 Å². The Hall–Kier alpha value is -2.60. The minimum Gasteiger partial charge on any atom is -0.507 e. The average molecular weight is 300 g/mol. The summed E-state index contributed by atoms with van der Waals surface area (Å²) in [4.78, 5) is 15.5. The van der Waals surface area contributed by atoms with Crippen LogP contribution < -0.4 is 5.32 Å². The van der Waals surface area contributed by atoms with E-state index in [-0.39, 0.29) is 10.6 Å². The molecule has 2 aromatic carbocycles. The summed E-state index contributed by atoms with van der Waals surface area (Å²) in [5.74, 6) is -0.772. The summed E-state index contributed by atoms with van der Waals surface area (Å²) in [5.41, 5.74) is 1.26. The maximum absolute atomic E-state index is 11.1. The Balaban J connectivity index is 2.04. The van der Waals surface area contributed by atoms with E-state index in [2.05, 4.69) is 10.3 Å². The van der Waals surface area contributed by atoms with Crippen molar-refractivity contribution in [1.82, 2.24) is 4.98 Å². The highest BCUT2D eigenvalue weighted by molar-refractivity contribution is 7.17. The Morgan fingerprint density at radius 3 is 2.62 bits per heavy atom. The monoisotopic (exact) mass is 300 g/mol. The minimum atomic E-state index is -0.978. The van der Waals surface area contributed by atoms with Gasteiger partial charge < -0.3 is 15.5 Å². The van der Waals surface area contributed by atoms with Crippen LogP contribution in [0.4, 0.5) is 10.8 Å². The number of benzene rings is 2. The van der Waals surface area contributed by atoms with E-state index in [1.807, 2.05) is 24.3 Å². The number of fused-ring (bicyclic) bond motifs is 1. The van der Waals surface area contributed by atoms with Gasteiger partial charge in [-0.05, 0) is 19.1 Å². The molecule has 3 aromatic rings. The van der Waals surface area contributed by atoms with E-state index >= 15 is 0 Å². The molecule has 0 spiro atoms. The molecular formula is C15H12N2O3S. The van der Waals surface area contributed by atoms with Crippen molar-refractivity contribution in [1.29, 1.82) is 0 Å². The molecule has 0 atom stereocenters. The number of carboxylic acids is 1. The molecule has 0 aliphatic carbocycles. The number of anilines is 2. The topological polar surface area (TPSA) is 82.5 Å². The number of carbonyl (C=O) groups is 1. The fourth-order valence-corrected chi connectivity index (χ4v) is 2.98. The third-order valence-corrected chi connectivity index (χ3v) is 4.19. The van der Waals surface area contributed by atoms with E-state index in [0.717, 1.165) is 27.8 Å². The number of phenols is 1. The van der Waals surface area contributed by atoms with Crippen LogP contribution in [0.1, 0.15) is 15.4 Å². The van der Waals surface area contributed by atoms with Crippen LogP contribution in [0.2, 0.25) is 0 Å². The highest BCUT2D eigenvalue weighted by Gasteiger charge is 2.14. The smallest absolute Gasteiger partial charge is 0.347 e. The second kappa shape index (κ2) is 5.06. The highest BCUT2D eigenvalue weighted by Crippen LogP contribution is 2.33. The van der Waals surface area contributed by atoms with E-state index in [1.54, 1.807) is 19.1 Å². The van der Waals surface area contributed by atoms with Gasteiger partial charge in [0.05, 0.1) is 5.69 Å². The molecule has 0 saturated heterocycles. The summed E-state index contributed by atoms with van der Waals surface area (Å²) in [7, 11) is 0. The first-order valence-corrected chi connectivity index (χ1v) is 7.06. The number of aromatic nitrogens is 1. The fourth-order valence-electron chi connectivity index (χ4n) is 2.17. The van der Waals surface area contributed by atoms with E-state index in [9.17, 15) is 9.90 Å². The standard InChI is InChI=1S/C15H12N2O3S/c1-8-13(14(19)20)21-15(16-8)17-11-6-2-5-10-9(11)4-3-7-12(10)18/h2-7,18H,1H3,(H,16,17)(H,19,20). The Kier molecular flexibility index (Phi) is 3.23. The van der Waals surface area contributed by atoms with Crippen LogP contribution in [0.5, 0.6) is 5.75 Å². The number of nitrogens with zero attached hydrogens (tertiary/aromatic N) is 1. The van der Waals surface area contributed by atoms with Gasteiger partial charge in [0.2, 0.25) is 0 Å². The number of hydrogen-bond donors (Lipinski definition) is 3. The van der Waals surface area contributed by atoms with Gasteiger partial charge in [-0.25, -0.2) is 9.78 Å². The van der Waals surface area contributed by atoms with Crippen molar-refractivity contribution < 1.29 is 15.0 Å². The molecule has 0 amide bonds. The first-order chi connectivity index (χ1) is 10.1. The summed E-state index contributed by atoms with van der Waals surface area (Å²) in [5, 5.41) is 24.1. The molecule has 0 bridgehead atoms. The summed E-state index contributed by atoms with van der Waals surface area (Å²) in [6, 6.07) is 10.8. The van der Waals surface area contributed by atoms with Crippen LogP contribution in [0.15, 0.2) is 36.4 Å². The average Bonchev–Trinajstić information content (AvgIpc) is 2.81. The van der Waals surface area contributed by atoms with E-state index in [4.69, 9.17) is 5.11 Å². The van der Waals surface area contributed by atoms with Gasteiger partial charge in [0.15, 0.2) is 5.13 Å². The molecule has 0 aliphatic rings. The van der Waals surface area contributed by atoms with Crippen LogP contribution in [0.25, 0.3) is 10.8 Å². The lowest BCUT2D eigenvalue weighted by atomic mass is 10.1. The van der Waals surface area contributed by atoms with Crippen LogP contribution >= 0.6 is 11.3 Å². The van der Waals surface area contributed by atoms with Gasteiger partial charge in [-0.3, -0.25) is 0 Å². The Labute approximate surface area is 124 Å². The highest BCUT2D eigenvalue weighted by atomic mass is 32.1. The number of aromatic hydroxyl groups is 1. The number of rotatable bonds is 3. The zero-order valence-corrected chi connectivity index (χ0v) is 11.9. The third kappa shape index (κ3) is 2.41. The van der Waals surface area contributed by atoms with Crippen molar-refractivity contribution in [3.8, 4) is 5.75 Å². The Morgan fingerprint density at radius 1 is 1.19 bits per heavy atom. The first kappa shape index (κ1) is 13.4. The lowest BCUT2D eigenvalue weighted by Gasteiger charge is -2.08. The molecule has 21 heavy (non-hydrogen) atoms. The lowest BCUT2D eigenvalue weighted by molar-refractivity contribution is 0.0701. The molecule has 106 valence electrons. The molecule has 0 unspecified atom stereocenters. The summed E-state index contributed by atoms with van der Waals surface area (Å²) >= 11 is 1.09. The van der Waals surface area contributed by atoms with E-state index < -0.39 is 5.97 Å². The van der Waals surface area contributed by atoms with Crippen molar-refractivity contribution in [2.75, 3.05) is 5.32 Å². The number of nitrogens with one attached hydrogen (secondary N) is 1. The van der Waals surface area contributed by atoms with Gasteiger partial charge in [-0.1, -0.05) is 35.6 Å². The second-order valence-corrected chi connectivity index (χ2v) is 5.54. The number of thiazole rings is 1. The largest absolute Gasteiger partial charge is 0.507 e. The molecule has 5 nitrogen and oxygen atoms in total. The van der Waals surface area contributed by atoms with Crippen molar-refractivity contribution in [2.24, 2.45) is 0 Å². The van der Waals surface area contributed by atoms with Gasteiger partial charge in [0.25, 0.3) is 0 Å². The van der Waals surface area contributed by atoms with Crippen molar-refractivity contribution in [2.45, 2.75) is 6.92 Å². The molecule has 3 N–H and O–H groups in total. The molecule has 0 fully saturated rings. The Morgan fingerprint density at radius 2 is 1.90 bits per heavy atom. The molecule has 3 rings (SSSR count). The third-order valence-electron chi connectivity index (χ3n) is 3.13. The summed E-state index contributed by atoms with van der Waals surface area (Å²) in [6.45, 7) is 1.67. The number of hydrogen-bond acceptors (Lipinski definition) is 5. The van der Waals surface area contributed by atoms with E-state index in [0.29, 0.717) is 10.8 Å². The number of aryl methyl sites for hydroxylation is 1. The molecule has 6 heteroatoms. The predicted octanol–water partition coefficient (Wildman–Crippen LogP) is 3.75. The maximum Gasteiger partial charge on any atom is 0.347 e. The molecule has 0 aliphatic heterocycles. The normalized spacial score (nSPS) is 10.7. The molecular weight excluding hydrogens is 288 g/mol. The SMILES string of the molecule is Cc1nc(Nc2cccc3c(O)cccc23)sc1C(=O)O. The summed E-state index contributed by atoms with van der Waals surface area (Å²) in [6.07, 6.45) is 0. The lowest BCUT2D eigenvalue weighted by Crippen LogP contribution is -1.94. The van der Waals surface area contributed by atoms with Crippen LogP contribution in [0, 0.1) is 6.92 Å². The van der Waals surface area contributed by atoms with Gasteiger partial charge in [0, 0.05) is 16.5 Å². The van der Waals surface area contributed by atoms with Crippen molar-refractivity contribution in [3.05, 3.63) is 47.0 Å².